The molecule has 0 bridgehead atoms. The molecule has 5 nitrogen and oxygen atoms in total. The van der Waals surface area contributed by atoms with E-state index < -0.39 is 0 Å². The van der Waals surface area contributed by atoms with Crippen molar-refractivity contribution >= 4 is 76.5 Å². The zero-order chi connectivity index (χ0) is 40.0. The predicted molar refractivity (Wildman–Crippen MR) is 252 cm³/mol. The summed E-state index contributed by atoms with van der Waals surface area (Å²) in [5.74, 6) is 0.660. The highest BCUT2D eigenvalue weighted by Crippen LogP contribution is 2.43. The fourth-order valence-electron chi connectivity index (χ4n) is 9.58. The highest BCUT2D eigenvalue weighted by molar-refractivity contribution is 6.20. The molecule has 0 radical (unpaired) electrons. The van der Waals surface area contributed by atoms with Crippen molar-refractivity contribution in [2.75, 3.05) is 0 Å². The maximum Gasteiger partial charge on any atom is 0.161 e. The average molecular weight is 779 g/mol. The van der Waals surface area contributed by atoms with Gasteiger partial charge in [0.2, 0.25) is 0 Å². The van der Waals surface area contributed by atoms with E-state index in [1.165, 1.54) is 27.1 Å². The molecule has 4 aromatic heterocycles. The molecular weight excluding hydrogens is 745 g/mol. The highest BCUT2D eigenvalue weighted by atomic mass is 16.3. The number of rotatable bonds is 5. The second-order valence-electron chi connectivity index (χ2n) is 15.8. The number of fused-ring (bicyclic) bond motifs is 10. The van der Waals surface area contributed by atoms with Gasteiger partial charge in [0.25, 0.3) is 0 Å². The van der Waals surface area contributed by atoms with E-state index in [2.05, 4.69) is 197 Å². The van der Waals surface area contributed by atoms with Crippen LogP contribution in [0.25, 0.3) is 122 Å². The number of aromatic nitrogens is 4. The molecule has 13 aromatic rings. The zero-order valence-corrected chi connectivity index (χ0v) is 32.8. The first-order valence-electron chi connectivity index (χ1n) is 20.7. The fraction of sp³-hybridized carbons (Fsp3) is 0. The molecule has 5 heteroatoms. The molecule has 61 heavy (non-hydrogen) atoms. The van der Waals surface area contributed by atoms with Crippen molar-refractivity contribution in [1.82, 2.24) is 19.1 Å². The molecule has 0 unspecified atom stereocenters. The topological polar surface area (TPSA) is 48.8 Å². The zero-order valence-electron chi connectivity index (χ0n) is 32.8. The molecule has 0 fully saturated rings. The van der Waals surface area contributed by atoms with Crippen molar-refractivity contribution in [2.45, 2.75) is 0 Å². The third-order valence-electron chi connectivity index (χ3n) is 12.3. The number of hydrogen-bond acceptors (Lipinski definition) is 3. The Kier molecular flexibility index (Phi) is 7.24. The Labute approximate surface area is 350 Å². The van der Waals surface area contributed by atoms with Crippen LogP contribution >= 0.6 is 0 Å². The summed E-state index contributed by atoms with van der Waals surface area (Å²) in [6.07, 6.45) is 0. The van der Waals surface area contributed by atoms with E-state index >= 15 is 0 Å². The SMILES string of the molecule is c1ccc(-c2cc(-c3nc(-c4ccccc4)c4ccccc4n3)c3c(c2)oc2cc(-n4c5ccccc5c5cc6c7ccccc7n(-c7ccccc7)c6cc54)ccc23)cc1. The number of nitrogens with zero attached hydrogens (tertiary/aromatic N) is 4. The van der Waals surface area contributed by atoms with Crippen molar-refractivity contribution < 1.29 is 4.42 Å². The van der Waals surface area contributed by atoms with Crippen molar-refractivity contribution in [3.8, 4) is 45.1 Å². The number of para-hydroxylation sites is 4. The van der Waals surface area contributed by atoms with E-state index in [1.54, 1.807) is 0 Å². The van der Waals surface area contributed by atoms with Gasteiger partial charge >= 0.3 is 0 Å². The van der Waals surface area contributed by atoms with Gasteiger partial charge in [-0.2, -0.15) is 0 Å². The first-order chi connectivity index (χ1) is 30.2. The Bertz CT molecular complexity index is 3860. The van der Waals surface area contributed by atoms with Crippen LogP contribution in [0, 0.1) is 0 Å². The maximum absolute atomic E-state index is 6.96. The van der Waals surface area contributed by atoms with E-state index in [9.17, 15) is 0 Å². The van der Waals surface area contributed by atoms with E-state index in [4.69, 9.17) is 14.4 Å². The largest absolute Gasteiger partial charge is 0.456 e. The first kappa shape index (κ1) is 33.7. The summed E-state index contributed by atoms with van der Waals surface area (Å²) in [7, 11) is 0. The molecule has 284 valence electrons. The Morgan fingerprint density at radius 2 is 0.934 bits per heavy atom. The smallest absolute Gasteiger partial charge is 0.161 e. The third-order valence-corrected chi connectivity index (χ3v) is 12.3. The van der Waals surface area contributed by atoms with E-state index in [0.29, 0.717) is 5.82 Å². The minimum atomic E-state index is 0.660. The summed E-state index contributed by atoms with van der Waals surface area (Å²) in [4.78, 5) is 10.6. The summed E-state index contributed by atoms with van der Waals surface area (Å²) in [5, 5.41) is 7.91. The van der Waals surface area contributed by atoms with Crippen LogP contribution in [0.5, 0.6) is 0 Å². The molecule has 0 aliphatic heterocycles. The van der Waals surface area contributed by atoms with E-state index in [0.717, 1.165) is 88.7 Å². The van der Waals surface area contributed by atoms with Gasteiger partial charge in [-0.1, -0.05) is 133 Å². The maximum atomic E-state index is 6.96. The molecule has 0 amide bonds. The third kappa shape index (κ3) is 5.14. The molecule has 0 spiro atoms. The van der Waals surface area contributed by atoms with Crippen molar-refractivity contribution in [1.29, 1.82) is 0 Å². The van der Waals surface area contributed by atoms with E-state index in [1.807, 2.05) is 18.2 Å². The standard InChI is InChI=1S/C56H34N4O/c1-4-16-35(17-5-1)37-30-46(56-57-47-25-13-10-24-42(47)55(58-56)36-18-6-2-7-19-36)54-43-29-28-39(32-52(43)61-53(54)31-37)60-49-27-15-12-23-41(49)45-33-44-40-22-11-14-26-48(40)59(50(44)34-51(45)60)38-20-8-3-9-21-38/h1-34H. The molecule has 0 N–H and O–H groups in total. The minimum Gasteiger partial charge on any atom is -0.456 e. The predicted octanol–water partition coefficient (Wildman–Crippen LogP) is 14.7. The molecule has 0 atom stereocenters. The van der Waals surface area contributed by atoms with Crippen LogP contribution in [-0.2, 0) is 0 Å². The quantitative estimate of drug-likeness (QED) is 0.175. The Balaban J connectivity index is 1.07. The average Bonchev–Trinajstić information content (AvgIpc) is 3.97. The Morgan fingerprint density at radius 3 is 1.64 bits per heavy atom. The summed E-state index contributed by atoms with van der Waals surface area (Å²) in [6.45, 7) is 0. The lowest BCUT2D eigenvalue weighted by Crippen LogP contribution is -1.96. The summed E-state index contributed by atoms with van der Waals surface area (Å²) >= 11 is 0. The second kappa shape index (κ2) is 13.1. The van der Waals surface area contributed by atoms with Gasteiger partial charge in [0.1, 0.15) is 11.2 Å². The Hall–Kier alpha value is -8.28. The van der Waals surface area contributed by atoms with Gasteiger partial charge in [0.15, 0.2) is 5.82 Å². The van der Waals surface area contributed by atoms with Gasteiger partial charge in [-0.15, -0.1) is 0 Å². The van der Waals surface area contributed by atoms with Crippen LogP contribution in [0.1, 0.15) is 0 Å². The number of hydrogen-bond donors (Lipinski definition) is 0. The van der Waals surface area contributed by atoms with Crippen LogP contribution in [0.4, 0.5) is 0 Å². The molecule has 13 rings (SSSR count). The fourth-order valence-corrected chi connectivity index (χ4v) is 9.58. The van der Waals surface area contributed by atoms with Gasteiger partial charge in [0.05, 0.1) is 33.3 Å². The van der Waals surface area contributed by atoms with Crippen LogP contribution in [0.15, 0.2) is 211 Å². The highest BCUT2D eigenvalue weighted by Gasteiger charge is 2.22. The Morgan fingerprint density at radius 1 is 0.344 bits per heavy atom. The van der Waals surface area contributed by atoms with Crippen molar-refractivity contribution in [3.05, 3.63) is 206 Å². The molecular formula is C56H34N4O. The number of benzene rings is 9. The lowest BCUT2D eigenvalue weighted by atomic mass is 9.97. The van der Waals surface area contributed by atoms with Gasteiger partial charge in [-0.25, -0.2) is 9.97 Å². The molecule has 9 aromatic carbocycles. The van der Waals surface area contributed by atoms with E-state index in [-0.39, 0.29) is 0 Å². The van der Waals surface area contributed by atoms with Crippen LogP contribution in [0.2, 0.25) is 0 Å². The normalized spacial score (nSPS) is 11.9. The van der Waals surface area contributed by atoms with Gasteiger partial charge < -0.3 is 13.6 Å². The molecule has 0 aliphatic rings. The van der Waals surface area contributed by atoms with Crippen LogP contribution in [0.3, 0.4) is 0 Å². The van der Waals surface area contributed by atoms with Gasteiger partial charge in [-0.05, 0) is 77.9 Å². The lowest BCUT2D eigenvalue weighted by Gasteiger charge is -2.12. The molecule has 4 heterocycles. The van der Waals surface area contributed by atoms with Crippen molar-refractivity contribution in [2.24, 2.45) is 0 Å². The van der Waals surface area contributed by atoms with Crippen LogP contribution < -0.4 is 0 Å². The lowest BCUT2D eigenvalue weighted by molar-refractivity contribution is 0.669. The monoisotopic (exact) mass is 778 g/mol. The van der Waals surface area contributed by atoms with Crippen molar-refractivity contribution in [3.63, 3.8) is 0 Å². The number of furan rings is 1. The summed E-state index contributed by atoms with van der Waals surface area (Å²) in [5.41, 5.74) is 14.3. The molecule has 0 saturated carbocycles. The molecule has 0 aliphatic carbocycles. The molecule has 0 saturated heterocycles. The van der Waals surface area contributed by atoms with Gasteiger partial charge in [-0.3, -0.25) is 0 Å². The summed E-state index contributed by atoms with van der Waals surface area (Å²) < 4.78 is 11.7. The van der Waals surface area contributed by atoms with Gasteiger partial charge in [0, 0.05) is 66.3 Å². The first-order valence-corrected chi connectivity index (χ1v) is 20.7. The second-order valence-corrected chi connectivity index (χ2v) is 15.8. The minimum absolute atomic E-state index is 0.660. The summed E-state index contributed by atoms with van der Waals surface area (Å²) in [6, 6.07) is 73.0. The van der Waals surface area contributed by atoms with Crippen LogP contribution in [-0.4, -0.2) is 19.1 Å².